The van der Waals surface area contributed by atoms with Gasteiger partial charge in [-0.05, 0) is 30.3 Å². The molecule has 0 spiro atoms. The van der Waals surface area contributed by atoms with Crippen LogP contribution in [0, 0.1) is 5.82 Å². The monoisotopic (exact) mass is 433 g/mol. The zero-order valence-corrected chi connectivity index (χ0v) is 17.6. The van der Waals surface area contributed by atoms with E-state index in [9.17, 15) is 14.0 Å². The molecule has 8 nitrogen and oxygen atoms in total. The summed E-state index contributed by atoms with van der Waals surface area (Å²) in [6.45, 7) is 0.536. The predicted octanol–water partition coefficient (Wildman–Crippen LogP) is 2.44. The van der Waals surface area contributed by atoms with Crippen molar-refractivity contribution in [2.24, 2.45) is 7.05 Å². The predicted molar refractivity (Wildman–Crippen MR) is 115 cm³/mol. The van der Waals surface area contributed by atoms with Gasteiger partial charge in [-0.15, -0.1) is 0 Å². The molecule has 4 aromatic rings. The molecule has 9 heteroatoms. The molecule has 0 bridgehead atoms. The maximum Gasteiger partial charge on any atom is 0.272 e. The molecule has 1 aliphatic heterocycles. The summed E-state index contributed by atoms with van der Waals surface area (Å²) >= 11 is 0. The number of nitrogens with zero attached hydrogens (tertiary/aromatic N) is 5. The first-order valence-corrected chi connectivity index (χ1v) is 10.1. The third-order valence-corrected chi connectivity index (χ3v) is 5.68. The fourth-order valence-electron chi connectivity index (χ4n) is 4.00. The molecule has 0 radical (unpaired) electrons. The van der Waals surface area contributed by atoms with Crippen LogP contribution >= 0.6 is 0 Å². The van der Waals surface area contributed by atoms with Gasteiger partial charge in [0.05, 0.1) is 30.6 Å². The smallest absolute Gasteiger partial charge is 0.272 e. The Morgan fingerprint density at radius 2 is 2.03 bits per heavy atom. The zero-order valence-electron chi connectivity index (χ0n) is 17.6. The van der Waals surface area contributed by atoms with Crippen molar-refractivity contribution in [3.8, 4) is 17.0 Å². The number of hydrogen-bond acceptors (Lipinski definition) is 5. The highest BCUT2D eigenvalue weighted by molar-refractivity contribution is 5.94. The summed E-state index contributed by atoms with van der Waals surface area (Å²) in [4.78, 5) is 32.3. The Hall–Kier alpha value is -4.01. The first kappa shape index (κ1) is 19.9. The SMILES string of the molecule is COc1cccc(-c2cc(C(=O)N3CCc4nc5ccc(F)cn5c(=O)c4C3)n(C)n2)c1. The lowest BCUT2D eigenvalue weighted by atomic mass is 10.1. The van der Waals surface area contributed by atoms with E-state index < -0.39 is 5.82 Å². The van der Waals surface area contributed by atoms with Crippen LogP contribution < -0.4 is 10.3 Å². The number of rotatable bonds is 3. The highest BCUT2D eigenvalue weighted by atomic mass is 19.1. The van der Waals surface area contributed by atoms with Gasteiger partial charge in [-0.2, -0.15) is 5.10 Å². The van der Waals surface area contributed by atoms with Gasteiger partial charge in [0.1, 0.15) is 22.9 Å². The molecule has 32 heavy (non-hydrogen) atoms. The van der Waals surface area contributed by atoms with Crippen LogP contribution in [0.25, 0.3) is 16.9 Å². The van der Waals surface area contributed by atoms with Crippen molar-refractivity contribution in [3.05, 3.63) is 81.8 Å². The first-order valence-electron chi connectivity index (χ1n) is 10.1. The number of benzene rings is 1. The van der Waals surface area contributed by atoms with Crippen molar-refractivity contribution in [1.29, 1.82) is 0 Å². The average molecular weight is 433 g/mol. The van der Waals surface area contributed by atoms with Crippen LogP contribution in [-0.4, -0.2) is 43.6 Å². The largest absolute Gasteiger partial charge is 0.497 e. The molecule has 1 aliphatic rings. The van der Waals surface area contributed by atoms with Gasteiger partial charge >= 0.3 is 0 Å². The number of carbonyl (C=O) groups is 1. The summed E-state index contributed by atoms with van der Waals surface area (Å²) in [5.74, 6) is -0.0566. The van der Waals surface area contributed by atoms with E-state index in [-0.39, 0.29) is 18.0 Å². The van der Waals surface area contributed by atoms with Crippen molar-refractivity contribution >= 4 is 11.6 Å². The molecule has 0 aliphatic carbocycles. The van der Waals surface area contributed by atoms with E-state index in [2.05, 4.69) is 10.1 Å². The van der Waals surface area contributed by atoms with Gasteiger partial charge in [-0.3, -0.25) is 18.7 Å². The minimum atomic E-state index is -0.523. The number of methoxy groups -OCH3 is 1. The quantitative estimate of drug-likeness (QED) is 0.496. The fourth-order valence-corrected chi connectivity index (χ4v) is 4.00. The van der Waals surface area contributed by atoms with E-state index in [0.717, 1.165) is 11.8 Å². The standard InChI is InChI=1S/C23H20FN5O3/c1-27-20(11-19(26-27)14-4-3-5-16(10-14)32-2)23(31)28-9-8-18-17(13-28)22(30)29-12-15(24)6-7-21(29)25-18/h3-7,10-12H,8-9,13H2,1-2H3. The highest BCUT2D eigenvalue weighted by Crippen LogP contribution is 2.25. The second-order valence-electron chi connectivity index (χ2n) is 7.66. The molecule has 1 amide bonds. The minimum absolute atomic E-state index is 0.110. The maximum absolute atomic E-state index is 13.6. The summed E-state index contributed by atoms with van der Waals surface area (Å²) < 4.78 is 21.6. The van der Waals surface area contributed by atoms with Gasteiger partial charge in [0.2, 0.25) is 0 Å². The third kappa shape index (κ3) is 3.31. The average Bonchev–Trinajstić information content (AvgIpc) is 3.20. The topological polar surface area (TPSA) is 81.7 Å². The fraction of sp³-hybridized carbons (Fsp3) is 0.217. The molecule has 3 aromatic heterocycles. The lowest BCUT2D eigenvalue weighted by Gasteiger charge is -2.27. The van der Waals surface area contributed by atoms with Crippen molar-refractivity contribution in [1.82, 2.24) is 24.1 Å². The van der Waals surface area contributed by atoms with E-state index in [0.29, 0.717) is 47.0 Å². The Balaban J connectivity index is 1.47. The van der Waals surface area contributed by atoms with E-state index in [1.54, 1.807) is 25.1 Å². The number of amides is 1. The summed E-state index contributed by atoms with van der Waals surface area (Å²) in [5, 5.41) is 4.48. The van der Waals surface area contributed by atoms with Crippen molar-refractivity contribution < 1.29 is 13.9 Å². The van der Waals surface area contributed by atoms with E-state index >= 15 is 0 Å². The van der Waals surface area contributed by atoms with Gasteiger partial charge in [0, 0.05) is 31.8 Å². The molecular weight excluding hydrogens is 413 g/mol. The molecule has 0 fully saturated rings. The van der Waals surface area contributed by atoms with Crippen LogP contribution in [0.5, 0.6) is 5.75 Å². The summed E-state index contributed by atoms with van der Waals surface area (Å²) in [5.41, 5.74) is 2.98. The van der Waals surface area contributed by atoms with E-state index in [4.69, 9.17) is 4.74 Å². The lowest BCUT2D eigenvalue weighted by Crippen LogP contribution is -2.40. The molecule has 1 aromatic carbocycles. The number of carbonyl (C=O) groups excluding carboxylic acids is 1. The molecule has 0 saturated carbocycles. The molecule has 4 heterocycles. The van der Waals surface area contributed by atoms with Gasteiger partial charge < -0.3 is 9.64 Å². The molecule has 0 atom stereocenters. The molecule has 0 saturated heterocycles. The highest BCUT2D eigenvalue weighted by Gasteiger charge is 2.28. The normalized spacial score (nSPS) is 13.3. The second kappa shape index (κ2) is 7.60. The summed E-state index contributed by atoms with van der Waals surface area (Å²) in [6.07, 6.45) is 1.57. The minimum Gasteiger partial charge on any atom is -0.497 e. The summed E-state index contributed by atoms with van der Waals surface area (Å²) in [7, 11) is 3.30. The number of aromatic nitrogens is 4. The Labute approximate surface area is 182 Å². The molecule has 0 N–H and O–H groups in total. The molecule has 5 rings (SSSR count). The molecule has 162 valence electrons. The van der Waals surface area contributed by atoms with Gasteiger partial charge in [0.15, 0.2) is 0 Å². The molecule has 0 unspecified atom stereocenters. The van der Waals surface area contributed by atoms with Gasteiger partial charge in [0.25, 0.3) is 11.5 Å². The van der Waals surface area contributed by atoms with Crippen LogP contribution in [0.3, 0.4) is 0 Å². The lowest BCUT2D eigenvalue weighted by molar-refractivity contribution is 0.0721. The number of halogens is 1. The van der Waals surface area contributed by atoms with Crippen molar-refractivity contribution in [2.75, 3.05) is 13.7 Å². The molecular formula is C23H20FN5O3. The van der Waals surface area contributed by atoms with Gasteiger partial charge in [-0.25, -0.2) is 9.37 Å². The second-order valence-corrected chi connectivity index (χ2v) is 7.66. The van der Waals surface area contributed by atoms with Crippen LogP contribution in [0.2, 0.25) is 0 Å². The Morgan fingerprint density at radius 1 is 1.19 bits per heavy atom. The van der Waals surface area contributed by atoms with Crippen molar-refractivity contribution in [2.45, 2.75) is 13.0 Å². The number of aryl methyl sites for hydroxylation is 1. The first-order chi connectivity index (χ1) is 15.4. The number of pyridine rings is 1. The van der Waals surface area contributed by atoms with E-state index in [1.807, 2.05) is 24.3 Å². The van der Waals surface area contributed by atoms with Crippen LogP contribution in [-0.2, 0) is 20.0 Å². The third-order valence-electron chi connectivity index (χ3n) is 5.68. The maximum atomic E-state index is 13.6. The summed E-state index contributed by atoms with van der Waals surface area (Å²) in [6, 6.07) is 11.9. The van der Waals surface area contributed by atoms with Crippen molar-refractivity contribution in [3.63, 3.8) is 0 Å². The number of fused-ring (bicyclic) bond motifs is 2. The van der Waals surface area contributed by atoms with Crippen LogP contribution in [0.15, 0.2) is 53.5 Å². The van der Waals surface area contributed by atoms with Crippen LogP contribution in [0.4, 0.5) is 4.39 Å². The number of ether oxygens (including phenoxy) is 1. The number of hydrogen-bond donors (Lipinski definition) is 0. The Morgan fingerprint density at radius 3 is 2.84 bits per heavy atom. The Kier molecular flexibility index (Phi) is 4.73. The zero-order chi connectivity index (χ0) is 22.4. The van der Waals surface area contributed by atoms with Gasteiger partial charge in [-0.1, -0.05) is 12.1 Å². The Bertz CT molecular complexity index is 1430. The van der Waals surface area contributed by atoms with E-state index in [1.165, 1.54) is 21.2 Å². The van der Waals surface area contributed by atoms with Crippen LogP contribution in [0.1, 0.15) is 21.7 Å².